The number of amides is 1. The number of carbonyl (C=O) groups is 2. The Morgan fingerprint density at radius 3 is 2.25 bits per heavy atom. The molecule has 1 aromatic carbocycles. The normalized spacial score (nSPS) is 22.0. The zero-order valence-corrected chi connectivity index (χ0v) is 14.0. The lowest BCUT2D eigenvalue weighted by Crippen LogP contribution is -2.38. The molecular weight excluding hydrogens is 306 g/mol. The van der Waals surface area contributed by atoms with Gasteiger partial charge in [0.1, 0.15) is 5.75 Å². The molecule has 0 spiro atoms. The molecule has 0 saturated heterocycles. The molecule has 128 valence electrons. The second kappa shape index (κ2) is 6.30. The van der Waals surface area contributed by atoms with Crippen LogP contribution in [0, 0.1) is 5.92 Å². The number of aliphatic hydroxyl groups excluding tert-OH is 1. The van der Waals surface area contributed by atoms with Crippen LogP contribution in [0.1, 0.15) is 51.1 Å². The zero-order valence-electron chi connectivity index (χ0n) is 14.0. The Labute approximate surface area is 141 Å². The Kier molecular flexibility index (Phi) is 4.35. The van der Waals surface area contributed by atoms with Crippen molar-refractivity contribution in [2.75, 3.05) is 0 Å². The highest BCUT2D eigenvalue weighted by Gasteiger charge is 2.47. The van der Waals surface area contributed by atoms with E-state index in [1.165, 1.54) is 0 Å². The van der Waals surface area contributed by atoms with Crippen molar-refractivity contribution in [3.8, 4) is 5.75 Å². The number of ketones is 1. The summed E-state index contributed by atoms with van der Waals surface area (Å²) in [6.45, 7) is 3.53. The summed E-state index contributed by atoms with van der Waals surface area (Å²) in [5, 5.41) is 19.9. The molecule has 0 radical (unpaired) electrons. The molecule has 24 heavy (non-hydrogen) atoms. The highest BCUT2D eigenvalue weighted by molar-refractivity contribution is 6.09. The van der Waals surface area contributed by atoms with Gasteiger partial charge in [0.05, 0.1) is 11.6 Å². The van der Waals surface area contributed by atoms with E-state index in [9.17, 15) is 19.8 Å². The minimum Gasteiger partial charge on any atom is -0.508 e. The van der Waals surface area contributed by atoms with Crippen molar-refractivity contribution in [1.29, 1.82) is 0 Å². The summed E-state index contributed by atoms with van der Waals surface area (Å²) in [7, 11) is 0. The molecule has 2 N–H and O–H groups in total. The van der Waals surface area contributed by atoms with Crippen LogP contribution in [0.4, 0.5) is 0 Å². The first kappa shape index (κ1) is 16.6. The van der Waals surface area contributed by atoms with Crippen molar-refractivity contribution in [3.05, 3.63) is 41.2 Å². The van der Waals surface area contributed by atoms with Crippen LogP contribution < -0.4 is 0 Å². The molecule has 0 aromatic heterocycles. The summed E-state index contributed by atoms with van der Waals surface area (Å²) in [5.74, 6) is -1.26. The predicted molar refractivity (Wildman–Crippen MR) is 89.4 cm³/mol. The van der Waals surface area contributed by atoms with Gasteiger partial charge >= 0.3 is 0 Å². The molecule has 1 heterocycles. The molecule has 1 saturated carbocycles. The Hall–Kier alpha value is -2.30. The number of phenolic OH excluding ortho intramolecular Hbond substituents is 1. The number of aliphatic hydroxyl groups is 1. The summed E-state index contributed by atoms with van der Waals surface area (Å²) >= 11 is 0. The van der Waals surface area contributed by atoms with Gasteiger partial charge in [0.15, 0.2) is 11.5 Å². The van der Waals surface area contributed by atoms with E-state index in [-0.39, 0.29) is 29.1 Å². The van der Waals surface area contributed by atoms with E-state index in [4.69, 9.17) is 0 Å². The summed E-state index contributed by atoms with van der Waals surface area (Å²) in [5.41, 5.74) is 0.925. The van der Waals surface area contributed by atoms with Crippen LogP contribution in [-0.4, -0.2) is 32.8 Å². The minimum atomic E-state index is -0.573. The number of hydrogen-bond acceptors (Lipinski definition) is 4. The van der Waals surface area contributed by atoms with Crippen molar-refractivity contribution < 1.29 is 19.8 Å². The van der Waals surface area contributed by atoms with Crippen LogP contribution in [0.25, 0.3) is 0 Å². The standard InChI is InChI=1S/C19H23NO4/c1-11(2)17(22)15-16(12-7-9-14(21)10-8-12)20(19(24)18(15)23)13-5-3-4-6-13/h7-11,13,16,21,23H,3-6H2,1-2H3. The molecule has 0 bridgehead atoms. The highest BCUT2D eigenvalue weighted by atomic mass is 16.3. The van der Waals surface area contributed by atoms with Gasteiger partial charge in [0.2, 0.25) is 0 Å². The first-order chi connectivity index (χ1) is 11.4. The largest absolute Gasteiger partial charge is 0.508 e. The first-order valence-electron chi connectivity index (χ1n) is 8.50. The average Bonchev–Trinajstić information content (AvgIpc) is 3.15. The summed E-state index contributed by atoms with van der Waals surface area (Å²) in [4.78, 5) is 27.0. The maximum Gasteiger partial charge on any atom is 0.290 e. The molecular formula is C19H23NO4. The van der Waals surface area contributed by atoms with E-state index >= 15 is 0 Å². The number of hydrogen-bond donors (Lipinski definition) is 2. The van der Waals surface area contributed by atoms with Gasteiger partial charge in [-0.15, -0.1) is 0 Å². The number of benzene rings is 1. The topological polar surface area (TPSA) is 77.8 Å². The maximum atomic E-state index is 12.7. The lowest BCUT2D eigenvalue weighted by molar-refractivity contribution is -0.131. The third kappa shape index (κ3) is 2.68. The van der Waals surface area contributed by atoms with E-state index in [1.807, 2.05) is 0 Å². The average molecular weight is 329 g/mol. The van der Waals surface area contributed by atoms with Gasteiger partial charge in [-0.3, -0.25) is 9.59 Å². The lowest BCUT2D eigenvalue weighted by Gasteiger charge is -2.32. The van der Waals surface area contributed by atoms with Gasteiger partial charge in [0.25, 0.3) is 5.91 Å². The number of carbonyl (C=O) groups excluding carboxylic acids is 2. The van der Waals surface area contributed by atoms with Gasteiger partial charge in [0, 0.05) is 12.0 Å². The zero-order chi connectivity index (χ0) is 17.4. The lowest BCUT2D eigenvalue weighted by atomic mass is 9.90. The summed E-state index contributed by atoms with van der Waals surface area (Å²) in [6, 6.07) is 5.97. The predicted octanol–water partition coefficient (Wildman–Crippen LogP) is 3.26. The fraction of sp³-hybridized carbons (Fsp3) is 0.474. The quantitative estimate of drug-likeness (QED) is 0.889. The Morgan fingerprint density at radius 2 is 1.71 bits per heavy atom. The molecule has 1 amide bonds. The number of rotatable bonds is 4. The first-order valence-corrected chi connectivity index (χ1v) is 8.50. The summed E-state index contributed by atoms with van der Waals surface area (Å²) < 4.78 is 0. The molecule has 1 aliphatic heterocycles. The van der Waals surface area contributed by atoms with E-state index in [1.54, 1.807) is 43.0 Å². The van der Waals surface area contributed by atoms with Crippen molar-refractivity contribution >= 4 is 11.7 Å². The van der Waals surface area contributed by atoms with Gasteiger partial charge in [-0.05, 0) is 30.5 Å². The van der Waals surface area contributed by atoms with E-state index in [2.05, 4.69) is 0 Å². The van der Waals surface area contributed by atoms with E-state index in [0.717, 1.165) is 31.2 Å². The Bertz CT molecular complexity index is 684. The van der Waals surface area contributed by atoms with Gasteiger partial charge in [-0.1, -0.05) is 38.8 Å². The molecule has 3 rings (SSSR count). The smallest absolute Gasteiger partial charge is 0.290 e. The van der Waals surface area contributed by atoms with Crippen LogP contribution in [0.15, 0.2) is 35.6 Å². The molecule has 1 fully saturated rings. The second-order valence-electron chi connectivity index (χ2n) is 6.93. The van der Waals surface area contributed by atoms with Gasteiger partial charge < -0.3 is 15.1 Å². The number of nitrogens with zero attached hydrogens (tertiary/aromatic N) is 1. The van der Waals surface area contributed by atoms with Gasteiger partial charge in [-0.2, -0.15) is 0 Å². The van der Waals surface area contributed by atoms with E-state index in [0.29, 0.717) is 0 Å². The third-order valence-electron chi connectivity index (χ3n) is 4.96. The monoisotopic (exact) mass is 329 g/mol. The fourth-order valence-corrected chi connectivity index (χ4v) is 3.73. The van der Waals surface area contributed by atoms with Crippen molar-refractivity contribution in [2.45, 2.75) is 51.6 Å². The molecule has 5 heteroatoms. The number of aromatic hydroxyl groups is 1. The van der Waals surface area contributed by atoms with Crippen LogP contribution in [-0.2, 0) is 9.59 Å². The molecule has 5 nitrogen and oxygen atoms in total. The summed E-state index contributed by atoms with van der Waals surface area (Å²) in [6.07, 6.45) is 3.86. The van der Waals surface area contributed by atoms with Crippen molar-refractivity contribution in [3.63, 3.8) is 0 Å². The SMILES string of the molecule is CC(C)C(=O)C1=C(O)C(=O)N(C2CCCC2)C1c1ccc(O)cc1. The molecule has 1 aliphatic carbocycles. The van der Waals surface area contributed by atoms with Crippen LogP contribution in [0.2, 0.25) is 0 Å². The molecule has 1 atom stereocenters. The van der Waals surface area contributed by atoms with Crippen LogP contribution in [0.3, 0.4) is 0 Å². The minimum absolute atomic E-state index is 0.0379. The fourth-order valence-electron chi connectivity index (χ4n) is 3.73. The second-order valence-corrected chi connectivity index (χ2v) is 6.93. The number of phenols is 1. The molecule has 1 unspecified atom stereocenters. The Morgan fingerprint density at radius 1 is 1.12 bits per heavy atom. The number of Topliss-reactive ketones (excluding diaryl/α,β-unsaturated/α-hetero) is 1. The van der Waals surface area contributed by atoms with Crippen molar-refractivity contribution in [2.24, 2.45) is 5.92 Å². The Balaban J connectivity index is 2.09. The van der Waals surface area contributed by atoms with Crippen molar-refractivity contribution in [1.82, 2.24) is 4.90 Å². The van der Waals surface area contributed by atoms with Crippen LogP contribution >= 0.6 is 0 Å². The third-order valence-corrected chi connectivity index (χ3v) is 4.96. The molecule has 1 aromatic rings. The molecule has 2 aliphatic rings. The van der Waals surface area contributed by atoms with E-state index < -0.39 is 17.7 Å². The highest BCUT2D eigenvalue weighted by Crippen LogP contribution is 2.43. The van der Waals surface area contributed by atoms with Crippen LogP contribution in [0.5, 0.6) is 5.75 Å². The maximum absolute atomic E-state index is 12.7. The van der Waals surface area contributed by atoms with Gasteiger partial charge in [-0.25, -0.2) is 0 Å².